The number of Topliss-reactive ketones (excluding diaryl/α,β-unsaturated/α-hetero) is 2. The molecule has 0 amide bonds. The van der Waals surface area contributed by atoms with Gasteiger partial charge >= 0.3 is 0 Å². The molecule has 110 valence electrons. The molecule has 0 spiro atoms. The summed E-state index contributed by atoms with van der Waals surface area (Å²) in [7, 11) is 0. The molecule has 0 aliphatic heterocycles. The average molecular weight is 274 g/mol. The van der Waals surface area contributed by atoms with Gasteiger partial charge in [-0.15, -0.1) is 0 Å². The molecule has 4 aliphatic rings. The Morgan fingerprint density at radius 1 is 0.800 bits per heavy atom. The third-order valence-corrected chi connectivity index (χ3v) is 6.36. The SMILES string of the molecule is CC.CC(=O)C1C2CC(C1C(C)=O)C1C3C=CC(C3)C21. The molecule has 0 heterocycles. The molecule has 0 radical (unpaired) electrons. The van der Waals surface area contributed by atoms with Crippen LogP contribution < -0.4 is 0 Å². The predicted octanol–water partition coefficient (Wildman–Crippen LogP) is 3.51. The molecule has 4 aliphatic carbocycles. The van der Waals surface area contributed by atoms with Crippen molar-refractivity contribution in [1.29, 1.82) is 0 Å². The van der Waals surface area contributed by atoms with Gasteiger partial charge in [-0.1, -0.05) is 26.0 Å². The van der Waals surface area contributed by atoms with Crippen LogP contribution in [-0.2, 0) is 9.59 Å². The van der Waals surface area contributed by atoms with Crippen molar-refractivity contribution in [3.05, 3.63) is 12.2 Å². The van der Waals surface area contributed by atoms with Gasteiger partial charge in [0.25, 0.3) is 0 Å². The van der Waals surface area contributed by atoms with Crippen LogP contribution in [0.3, 0.4) is 0 Å². The Balaban J connectivity index is 0.000000581. The van der Waals surface area contributed by atoms with Crippen LogP contribution in [0.15, 0.2) is 12.2 Å². The highest BCUT2D eigenvalue weighted by Crippen LogP contribution is 2.68. The zero-order valence-electron chi connectivity index (χ0n) is 13.0. The van der Waals surface area contributed by atoms with Crippen molar-refractivity contribution in [2.24, 2.45) is 47.3 Å². The standard InChI is InChI=1S/C16H20O2.C2H6/c1-7(17)13-11-6-12(14(13)8(2)18)16-10-4-3-9(5-10)15(11)16;1-2/h3-4,9-16H,5-6H2,1-2H3;1-2H3. The smallest absolute Gasteiger partial charge is 0.133 e. The van der Waals surface area contributed by atoms with E-state index in [1.807, 2.05) is 13.8 Å². The van der Waals surface area contributed by atoms with E-state index < -0.39 is 0 Å². The lowest BCUT2D eigenvalue weighted by Crippen LogP contribution is -2.42. The van der Waals surface area contributed by atoms with Crippen LogP contribution in [-0.4, -0.2) is 11.6 Å². The largest absolute Gasteiger partial charge is 0.300 e. The number of allylic oxidation sites excluding steroid dienone is 2. The Hall–Kier alpha value is -0.920. The van der Waals surface area contributed by atoms with Crippen molar-refractivity contribution in [2.75, 3.05) is 0 Å². The van der Waals surface area contributed by atoms with Gasteiger partial charge in [0.2, 0.25) is 0 Å². The van der Waals surface area contributed by atoms with Crippen LogP contribution in [0.1, 0.15) is 40.5 Å². The van der Waals surface area contributed by atoms with E-state index in [0.717, 1.165) is 18.3 Å². The number of hydrogen-bond donors (Lipinski definition) is 0. The van der Waals surface area contributed by atoms with E-state index in [1.165, 1.54) is 6.42 Å². The average Bonchev–Trinajstić information content (AvgIpc) is 3.17. The maximum absolute atomic E-state index is 12.0. The summed E-state index contributed by atoms with van der Waals surface area (Å²) in [5.41, 5.74) is 0. The van der Waals surface area contributed by atoms with Gasteiger partial charge in [-0.2, -0.15) is 0 Å². The van der Waals surface area contributed by atoms with Gasteiger partial charge in [0.1, 0.15) is 11.6 Å². The van der Waals surface area contributed by atoms with Gasteiger partial charge in [-0.25, -0.2) is 0 Å². The van der Waals surface area contributed by atoms with Crippen LogP contribution in [0.25, 0.3) is 0 Å². The molecule has 2 heteroatoms. The molecule has 3 saturated carbocycles. The first-order valence-electron chi connectivity index (χ1n) is 8.29. The van der Waals surface area contributed by atoms with E-state index >= 15 is 0 Å². The summed E-state index contributed by atoms with van der Waals surface area (Å²) in [6, 6.07) is 0. The monoisotopic (exact) mass is 274 g/mol. The van der Waals surface area contributed by atoms with Crippen molar-refractivity contribution in [2.45, 2.75) is 40.5 Å². The van der Waals surface area contributed by atoms with E-state index in [4.69, 9.17) is 0 Å². The number of hydrogen-bond acceptors (Lipinski definition) is 2. The van der Waals surface area contributed by atoms with E-state index in [9.17, 15) is 9.59 Å². The molecule has 0 aromatic carbocycles. The normalized spacial score (nSPS) is 49.8. The molecule has 20 heavy (non-hydrogen) atoms. The van der Waals surface area contributed by atoms with Crippen molar-refractivity contribution >= 4 is 11.6 Å². The first-order valence-corrected chi connectivity index (χ1v) is 8.29. The maximum atomic E-state index is 12.0. The molecule has 4 rings (SSSR count). The van der Waals surface area contributed by atoms with E-state index in [2.05, 4.69) is 12.2 Å². The van der Waals surface area contributed by atoms with E-state index in [0.29, 0.717) is 23.7 Å². The minimum atomic E-state index is 0.0431. The van der Waals surface area contributed by atoms with Gasteiger partial charge in [-0.3, -0.25) is 9.59 Å². The molecule has 8 unspecified atom stereocenters. The van der Waals surface area contributed by atoms with Crippen LogP contribution in [0, 0.1) is 47.3 Å². The maximum Gasteiger partial charge on any atom is 0.133 e. The molecule has 4 bridgehead atoms. The van der Waals surface area contributed by atoms with E-state index in [-0.39, 0.29) is 23.4 Å². The minimum Gasteiger partial charge on any atom is -0.300 e. The fourth-order valence-electron chi connectivity index (χ4n) is 6.15. The molecule has 0 aromatic heterocycles. The summed E-state index contributed by atoms with van der Waals surface area (Å²) in [6.07, 6.45) is 7.19. The summed E-state index contributed by atoms with van der Waals surface area (Å²) < 4.78 is 0. The van der Waals surface area contributed by atoms with Crippen molar-refractivity contribution in [3.8, 4) is 0 Å². The fourth-order valence-corrected chi connectivity index (χ4v) is 6.15. The highest BCUT2D eigenvalue weighted by molar-refractivity contribution is 5.89. The third-order valence-electron chi connectivity index (χ3n) is 6.36. The first-order chi connectivity index (χ1) is 9.59. The lowest BCUT2D eigenvalue weighted by molar-refractivity contribution is -0.134. The van der Waals surface area contributed by atoms with Crippen molar-refractivity contribution < 1.29 is 9.59 Å². The zero-order chi connectivity index (χ0) is 14.6. The number of carbonyl (C=O) groups is 2. The summed E-state index contributed by atoms with van der Waals surface area (Å²) in [4.78, 5) is 24.0. The first kappa shape index (κ1) is 14.0. The van der Waals surface area contributed by atoms with Crippen molar-refractivity contribution in [3.63, 3.8) is 0 Å². The molecular formula is C18H26O2. The Morgan fingerprint density at radius 2 is 1.20 bits per heavy atom. The van der Waals surface area contributed by atoms with Gasteiger partial charge in [-0.05, 0) is 62.2 Å². The molecule has 8 atom stereocenters. The second kappa shape index (κ2) is 4.82. The van der Waals surface area contributed by atoms with Gasteiger partial charge in [0.15, 0.2) is 0 Å². The van der Waals surface area contributed by atoms with Crippen molar-refractivity contribution in [1.82, 2.24) is 0 Å². The molecule has 2 nitrogen and oxygen atoms in total. The molecule has 0 saturated heterocycles. The topological polar surface area (TPSA) is 34.1 Å². The zero-order valence-corrected chi connectivity index (χ0v) is 13.0. The second-order valence-electron chi connectivity index (χ2n) is 6.94. The lowest BCUT2D eigenvalue weighted by atomic mass is 9.63. The Bertz CT molecular complexity index is 424. The molecule has 0 aromatic rings. The van der Waals surface area contributed by atoms with Gasteiger partial charge < -0.3 is 0 Å². The summed E-state index contributed by atoms with van der Waals surface area (Å²) >= 11 is 0. The van der Waals surface area contributed by atoms with Crippen LogP contribution in [0.2, 0.25) is 0 Å². The van der Waals surface area contributed by atoms with Crippen LogP contribution >= 0.6 is 0 Å². The highest BCUT2D eigenvalue weighted by atomic mass is 16.1. The number of fused-ring (bicyclic) bond motifs is 9. The Morgan fingerprint density at radius 3 is 1.55 bits per heavy atom. The molecule has 3 fully saturated rings. The Labute approximate surface area is 122 Å². The Kier molecular flexibility index (Phi) is 3.38. The lowest BCUT2D eigenvalue weighted by Gasteiger charge is -2.40. The van der Waals surface area contributed by atoms with Gasteiger partial charge in [0.05, 0.1) is 0 Å². The predicted molar refractivity (Wildman–Crippen MR) is 79.0 cm³/mol. The second-order valence-corrected chi connectivity index (χ2v) is 6.94. The summed E-state index contributed by atoms with van der Waals surface area (Å²) in [5.74, 6) is 4.47. The third kappa shape index (κ3) is 1.63. The van der Waals surface area contributed by atoms with Crippen LogP contribution in [0.5, 0.6) is 0 Å². The summed E-state index contributed by atoms with van der Waals surface area (Å²) in [6.45, 7) is 7.39. The quantitative estimate of drug-likeness (QED) is 0.570. The number of carbonyl (C=O) groups excluding carboxylic acids is 2. The highest BCUT2D eigenvalue weighted by Gasteiger charge is 2.66. The molecular weight excluding hydrogens is 248 g/mol. The minimum absolute atomic E-state index is 0.0431. The summed E-state index contributed by atoms with van der Waals surface area (Å²) in [5, 5.41) is 0. The number of rotatable bonds is 2. The molecule has 0 N–H and O–H groups in total. The van der Waals surface area contributed by atoms with E-state index in [1.54, 1.807) is 13.8 Å². The number of ketones is 2. The van der Waals surface area contributed by atoms with Crippen LogP contribution in [0.4, 0.5) is 0 Å². The van der Waals surface area contributed by atoms with Gasteiger partial charge in [0, 0.05) is 11.8 Å². The fraction of sp³-hybridized carbons (Fsp3) is 0.778.